The fraction of sp³-hybridized carbons (Fsp3) is 0.267. The van der Waals surface area contributed by atoms with Crippen LogP contribution in [0, 0.1) is 0 Å². The quantitative estimate of drug-likeness (QED) is 0.937. The molecule has 1 N–H and O–H groups in total. The number of ether oxygens (including phenoxy) is 3. The Labute approximate surface area is 127 Å². The minimum absolute atomic E-state index is 0.358. The summed E-state index contributed by atoms with van der Waals surface area (Å²) >= 11 is 6.03. The number of carbonyl (C=O) groups is 1. The van der Waals surface area contributed by atoms with Crippen LogP contribution < -0.4 is 19.5 Å². The Balaban J connectivity index is 2.69. The average Bonchev–Trinajstić information content (AvgIpc) is 2.48. The molecule has 0 atom stereocenters. The summed E-state index contributed by atoms with van der Waals surface area (Å²) in [4.78, 5) is 11.5. The van der Waals surface area contributed by atoms with Crippen molar-refractivity contribution in [3.05, 3.63) is 29.3 Å². The van der Waals surface area contributed by atoms with Gasteiger partial charge in [0.15, 0.2) is 11.5 Å². The lowest BCUT2D eigenvalue weighted by Crippen LogP contribution is -2.22. The van der Waals surface area contributed by atoms with Gasteiger partial charge in [0, 0.05) is 28.9 Å². The predicted octanol–water partition coefficient (Wildman–Crippen LogP) is 3.62. The fourth-order valence-electron chi connectivity index (χ4n) is 2.02. The first-order valence-electron chi connectivity index (χ1n) is 6.43. The van der Waals surface area contributed by atoms with Crippen LogP contribution in [-0.4, -0.2) is 26.9 Å². The van der Waals surface area contributed by atoms with Crippen LogP contribution in [0.2, 0.25) is 5.02 Å². The zero-order valence-corrected chi connectivity index (χ0v) is 12.8. The maximum Gasteiger partial charge on any atom is 0.412 e. The van der Waals surface area contributed by atoms with Crippen LogP contribution in [0.3, 0.4) is 0 Å². The molecule has 0 spiro atoms. The third kappa shape index (κ3) is 3.13. The number of benzene rings is 2. The second kappa shape index (κ2) is 6.54. The van der Waals surface area contributed by atoms with E-state index in [9.17, 15) is 4.79 Å². The molecule has 0 heterocycles. The van der Waals surface area contributed by atoms with E-state index in [1.165, 1.54) is 7.05 Å². The number of rotatable bonds is 4. The van der Waals surface area contributed by atoms with Gasteiger partial charge >= 0.3 is 6.09 Å². The van der Waals surface area contributed by atoms with Gasteiger partial charge in [0.25, 0.3) is 0 Å². The third-order valence-corrected chi connectivity index (χ3v) is 3.12. The van der Waals surface area contributed by atoms with E-state index in [0.29, 0.717) is 34.3 Å². The van der Waals surface area contributed by atoms with Crippen molar-refractivity contribution in [2.45, 2.75) is 6.92 Å². The van der Waals surface area contributed by atoms with E-state index < -0.39 is 6.09 Å². The summed E-state index contributed by atoms with van der Waals surface area (Å²) < 4.78 is 16.2. The van der Waals surface area contributed by atoms with Crippen molar-refractivity contribution < 1.29 is 19.0 Å². The number of hydrogen-bond acceptors (Lipinski definition) is 4. The van der Waals surface area contributed by atoms with Crippen LogP contribution in [-0.2, 0) is 0 Å². The second-order valence-corrected chi connectivity index (χ2v) is 4.60. The zero-order chi connectivity index (χ0) is 15.4. The molecule has 0 aliphatic carbocycles. The number of carbonyl (C=O) groups excluding carboxylic acids is 1. The van der Waals surface area contributed by atoms with Crippen molar-refractivity contribution in [1.82, 2.24) is 5.32 Å². The lowest BCUT2D eigenvalue weighted by Gasteiger charge is -2.15. The van der Waals surface area contributed by atoms with Crippen molar-refractivity contribution >= 4 is 28.5 Å². The first-order chi connectivity index (χ1) is 10.1. The van der Waals surface area contributed by atoms with Gasteiger partial charge in [0.05, 0.1) is 13.7 Å². The molecule has 0 aromatic heterocycles. The first-order valence-corrected chi connectivity index (χ1v) is 6.81. The van der Waals surface area contributed by atoms with Crippen LogP contribution in [0.25, 0.3) is 10.8 Å². The molecule has 5 nitrogen and oxygen atoms in total. The molecular formula is C15H16ClNO4. The van der Waals surface area contributed by atoms with Crippen molar-refractivity contribution in [3.8, 4) is 17.2 Å². The van der Waals surface area contributed by atoms with E-state index in [-0.39, 0.29) is 0 Å². The zero-order valence-electron chi connectivity index (χ0n) is 12.0. The van der Waals surface area contributed by atoms with E-state index in [1.807, 2.05) is 6.92 Å². The molecule has 0 saturated heterocycles. The number of amides is 1. The predicted molar refractivity (Wildman–Crippen MR) is 81.8 cm³/mol. The summed E-state index contributed by atoms with van der Waals surface area (Å²) in [6, 6.07) is 6.88. The van der Waals surface area contributed by atoms with Gasteiger partial charge in [-0.1, -0.05) is 11.6 Å². The Hall–Kier alpha value is -2.14. The second-order valence-electron chi connectivity index (χ2n) is 4.17. The summed E-state index contributed by atoms with van der Waals surface area (Å²) in [6.07, 6.45) is -0.566. The molecule has 2 rings (SSSR count). The molecule has 2 aromatic rings. The maximum atomic E-state index is 11.5. The summed E-state index contributed by atoms with van der Waals surface area (Å²) in [5, 5.41) is 4.37. The summed E-state index contributed by atoms with van der Waals surface area (Å²) in [6.45, 7) is 2.33. The fourth-order valence-corrected chi connectivity index (χ4v) is 2.19. The first kappa shape index (κ1) is 15.3. The molecule has 0 saturated carbocycles. The summed E-state index contributed by atoms with van der Waals surface area (Å²) in [5.74, 6) is 1.44. The van der Waals surface area contributed by atoms with Gasteiger partial charge in [-0.3, -0.25) is 0 Å². The Morgan fingerprint density at radius 1 is 1.24 bits per heavy atom. The molecule has 1 amide bonds. The molecule has 6 heteroatoms. The molecular weight excluding hydrogens is 294 g/mol. The van der Waals surface area contributed by atoms with Crippen LogP contribution in [0.1, 0.15) is 6.92 Å². The molecule has 112 valence electrons. The summed E-state index contributed by atoms with van der Waals surface area (Å²) in [7, 11) is 3.05. The number of nitrogens with one attached hydrogen (secondary N) is 1. The van der Waals surface area contributed by atoms with Gasteiger partial charge in [0.1, 0.15) is 5.75 Å². The van der Waals surface area contributed by atoms with E-state index in [4.69, 9.17) is 25.8 Å². The normalized spacial score (nSPS) is 10.3. The third-order valence-electron chi connectivity index (χ3n) is 2.89. The maximum absolute atomic E-state index is 11.5. The van der Waals surface area contributed by atoms with E-state index >= 15 is 0 Å². The minimum Gasteiger partial charge on any atom is -0.492 e. The SMILES string of the molecule is CCOc1cc(OC(=O)NC)c2cc(Cl)ccc2c1OC. The van der Waals surface area contributed by atoms with Crippen molar-refractivity contribution in [3.63, 3.8) is 0 Å². The number of halogens is 1. The molecule has 0 unspecified atom stereocenters. The van der Waals surface area contributed by atoms with Crippen molar-refractivity contribution in [1.29, 1.82) is 0 Å². The highest BCUT2D eigenvalue weighted by molar-refractivity contribution is 6.31. The van der Waals surface area contributed by atoms with Crippen LogP contribution in [0.15, 0.2) is 24.3 Å². The lowest BCUT2D eigenvalue weighted by molar-refractivity contribution is 0.203. The molecule has 21 heavy (non-hydrogen) atoms. The molecule has 0 aliphatic heterocycles. The van der Waals surface area contributed by atoms with Gasteiger partial charge in [0.2, 0.25) is 0 Å². The van der Waals surface area contributed by atoms with Crippen LogP contribution in [0.4, 0.5) is 4.79 Å². The molecule has 0 fully saturated rings. The molecule has 0 radical (unpaired) electrons. The highest BCUT2D eigenvalue weighted by Gasteiger charge is 2.17. The molecule has 2 aromatic carbocycles. The van der Waals surface area contributed by atoms with Gasteiger partial charge in [-0.25, -0.2) is 4.79 Å². The van der Waals surface area contributed by atoms with Gasteiger partial charge in [-0.2, -0.15) is 0 Å². The Bertz CT molecular complexity index is 672. The number of hydrogen-bond donors (Lipinski definition) is 1. The van der Waals surface area contributed by atoms with E-state index in [0.717, 1.165) is 5.39 Å². The van der Waals surface area contributed by atoms with Gasteiger partial charge in [-0.05, 0) is 25.1 Å². The number of fused-ring (bicyclic) bond motifs is 1. The topological polar surface area (TPSA) is 56.8 Å². The molecule has 0 bridgehead atoms. The summed E-state index contributed by atoms with van der Waals surface area (Å²) in [5.41, 5.74) is 0. The smallest absolute Gasteiger partial charge is 0.412 e. The van der Waals surface area contributed by atoms with Crippen molar-refractivity contribution in [2.24, 2.45) is 0 Å². The highest BCUT2D eigenvalue weighted by atomic mass is 35.5. The standard InChI is InChI=1S/C15H16ClNO4/c1-4-20-13-8-12(21-15(18)17-2)11-7-9(16)5-6-10(11)14(13)19-3/h5-8H,4H2,1-3H3,(H,17,18). The van der Waals surface area contributed by atoms with Crippen molar-refractivity contribution in [2.75, 3.05) is 20.8 Å². The Morgan fingerprint density at radius 2 is 2.00 bits per heavy atom. The van der Waals surface area contributed by atoms with Gasteiger partial charge < -0.3 is 19.5 Å². The monoisotopic (exact) mass is 309 g/mol. The minimum atomic E-state index is -0.566. The number of methoxy groups -OCH3 is 1. The van der Waals surface area contributed by atoms with E-state index in [1.54, 1.807) is 31.4 Å². The largest absolute Gasteiger partial charge is 0.492 e. The lowest BCUT2D eigenvalue weighted by atomic mass is 10.1. The Kier molecular flexibility index (Phi) is 4.75. The average molecular weight is 310 g/mol. The van der Waals surface area contributed by atoms with E-state index in [2.05, 4.69) is 5.32 Å². The van der Waals surface area contributed by atoms with Crippen LogP contribution in [0.5, 0.6) is 17.2 Å². The Morgan fingerprint density at radius 3 is 2.62 bits per heavy atom. The van der Waals surface area contributed by atoms with Gasteiger partial charge in [-0.15, -0.1) is 0 Å². The van der Waals surface area contributed by atoms with Crippen LogP contribution >= 0.6 is 11.6 Å². The molecule has 0 aliphatic rings. The highest BCUT2D eigenvalue weighted by Crippen LogP contribution is 2.42.